The molecular formula is C16H25N3. The van der Waals surface area contributed by atoms with Gasteiger partial charge in [-0.05, 0) is 69.8 Å². The van der Waals surface area contributed by atoms with Gasteiger partial charge in [0.15, 0.2) is 0 Å². The van der Waals surface area contributed by atoms with Crippen molar-refractivity contribution >= 4 is 0 Å². The van der Waals surface area contributed by atoms with Crippen LogP contribution < -0.4 is 5.32 Å². The normalized spacial score (nSPS) is 28.1. The number of piperidine rings is 1. The van der Waals surface area contributed by atoms with E-state index in [4.69, 9.17) is 0 Å². The first-order valence-corrected chi connectivity index (χ1v) is 7.68. The standard InChI is InChI=1S/C16H25N3/c1-19-10-4-5-13(12-19)11-18-15-8-2-6-14-7-3-9-17-16(14)15/h3,7,9,13,15,18H,2,4-6,8,10-12H2,1H3. The molecule has 0 radical (unpaired) electrons. The van der Waals surface area contributed by atoms with Crippen molar-refractivity contribution in [2.24, 2.45) is 5.92 Å². The molecule has 0 amide bonds. The molecule has 19 heavy (non-hydrogen) atoms. The molecule has 2 aliphatic rings. The zero-order chi connectivity index (χ0) is 13.1. The second-order valence-electron chi connectivity index (χ2n) is 6.17. The third-order valence-electron chi connectivity index (χ3n) is 4.57. The fourth-order valence-electron chi connectivity index (χ4n) is 3.56. The van der Waals surface area contributed by atoms with Crippen molar-refractivity contribution in [3.05, 3.63) is 29.6 Å². The summed E-state index contributed by atoms with van der Waals surface area (Å²) in [5.74, 6) is 0.813. The molecule has 0 spiro atoms. The highest BCUT2D eigenvalue weighted by molar-refractivity contribution is 5.25. The third kappa shape index (κ3) is 3.15. The molecule has 1 aliphatic carbocycles. The van der Waals surface area contributed by atoms with Crippen molar-refractivity contribution in [1.29, 1.82) is 0 Å². The average molecular weight is 259 g/mol. The van der Waals surface area contributed by atoms with Crippen molar-refractivity contribution in [3.63, 3.8) is 0 Å². The Morgan fingerprint density at radius 3 is 3.21 bits per heavy atom. The Hall–Kier alpha value is -0.930. The number of pyridine rings is 1. The van der Waals surface area contributed by atoms with Gasteiger partial charge in [-0.15, -0.1) is 0 Å². The maximum absolute atomic E-state index is 4.61. The van der Waals surface area contributed by atoms with Crippen LogP contribution in [0, 0.1) is 5.92 Å². The molecule has 0 saturated carbocycles. The average Bonchev–Trinajstić information content (AvgIpc) is 2.45. The molecule has 1 N–H and O–H groups in total. The first-order valence-electron chi connectivity index (χ1n) is 7.68. The summed E-state index contributed by atoms with van der Waals surface area (Å²) in [7, 11) is 2.24. The molecule has 3 rings (SSSR count). The molecule has 0 aromatic carbocycles. The second-order valence-corrected chi connectivity index (χ2v) is 6.17. The smallest absolute Gasteiger partial charge is 0.0605 e. The molecule has 2 heterocycles. The highest BCUT2D eigenvalue weighted by Crippen LogP contribution is 2.28. The summed E-state index contributed by atoms with van der Waals surface area (Å²) in [5, 5.41) is 3.78. The molecule has 2 atom stereocenters. The largest absolute Gasteiger partial charge is 0.308 e. The summed E-state index contributed by atoms with van der Waals surface area (Å²) in [5.41, 5.74) is 2.75. The summed E-state index contributed by atoms with van der Waals surface area (Å²) >= 11 is 0. The zero-order valence-corrected chi connectivity index (χ0v) is 11.9. The summed E-state index contributed by atoms with van der Waals surface area (Å²) in [6.45, 7) is 3.66. The van der Waals surface area contributed by atoms with E-state index in [-0.39, 0.29) is 0 Å². The molecule has 3 nitrogen and oxygen atoms in total. The number of nitrogens with zero attached hydrogens (tertiary/aromatic N) is 2. The molecule has 0 bridgehead atoms. The minimum atomic E-state index is 0.484. The van der Waals surface area contributed by atoms with E-state index < -0.39 is 0 Å². The van der Waals surface area contributed by atoms with Crippen LogP contribution in [0.25, 0.3) is 0 Å². The number of likely N-dealkylation sites (tertiary alicyclic amines) is 1. The van der Waals surface area contributed by atoms with Crippen molar-refractivity contribution in [2.75, 3.05) is 26.7 Å². The van der Waals surface area contributed by atoms with Crippen LogP contribution in [-0.2, 0) is 6.42 Å². The van der Waals surface area contributed by atoms with Crippen molar-refractivity contribution in [2.45, 2.75) is 38.1 Å². The summed E-state index contributed by atoms with van der Waals surface area (Å²) in [6, 6.07) is 4.79. The highest BCUT2D eigenvalue weighted by atomic mass is 15.1. The van der Waals surface area contributed by atoms with E-state index in [1.807, 2.05) is 6.20 Å². The lowest BCUT2D eigenvalue weighted by Gasteiger charge is -2.32. The number of rotatable bonds is 3. The molecule has 1 aromatic heterocycles. The Morgan fingerprint density at radius 2 is 2.32 bits per heavy atom. The zero-order valence-electron chi connectivity index (χ0n) is 11.9. The Balaban J connectivity index is 1.59. The van der Waals surface area contributed by atoms with E-state index >= 15 is 0 Å². The van der Waals surface area contributed by atoms with Crippen molar-refractivity contribution < 1.29 is 0 Å². The van der Waals surface area contributed by atoms with Crippen LogP contribution in [0.15, 0.2) is 18.3 Å². The Morgan fingerprint density at radius 1 is 1.37 bits per heavy atom. The number of hydrogen-bond acceptors (Lipinski definition) is 3. The maximum Gasteiger partial charge on any atom is 0.0605 e. The fourth-order valence-corrected chi connectivity index (χ4v) is 3.56. The van der Waals surface area contributed by atoms with Gasteiger partial charge in [0.05, 0.1) is 5.69 Å². The number of aryl methyl sites for hydroxylation is 1. The number of fused-ring (bicyclic) bond motifs is 1. The van der Waals surface area contributed by atoms with Crippen LogP contribution in [0.2, 0.25) is 0 Å². The quantitative estimate of drug-likeness (QED) is 0.903. The SMILES string of the molecule is CN1CCCC(CNC2CCCc3cccnc32)C1. The van der Waals surface area contributed by atoms with Gasteiger partial charge < -0.3 is 10.2 Å². The Kier molecular flexibility index (Phi) is 4.14. The predicted octanol–water partition coefficient (Wildman–Crippen LogP) is 2.39. The van der Waals surface area contributed by atoms with Gasteiger partial charge in [0, 0.05) is 18.8 Å². The minimum Gasteiger partial charge on any atom is -0.308 e. The van der Waals surface area contributed by atoms with E-state index in [0.29, 0.717) is 6.04 Å². The van der Waals surface area contributed by atoms with E-state index in [9.17, 15) is 0 Å². The molecule has 1 saturated heterocycles. The topological polar surface area (TPSA) is 28.2 Å². The summed E-state index contributed by atoms with van der Waals surface area (Å²) < 4.78 is 0. The van der Waals surface area contributed by atoms with Crippen LogP contribution >= 0.6 is 0 Å². The van der Waals surface area contributed by atoms with Crippen LogP contribution in [0.4, 0.5) is 0 Å². The van der Waals surface area contributed by atoms with Crippen LogP contribution in [-0.4, -0.2) is 36.6 Å². The molecule has 1 fully saturated rings. The van der Waals surface area contributed by atoms with E-state index in [0.717, 1.165) is 12.5 Å². The number of nitrogens with one attached hydrogen (secondary N) is 1. The van der Waals surface area contributed by atoms with Crippen LogP contribution in [0.5, 0.6) is 0 Å². The Labute approximate surface area is 116 Å². The lowest BCUT2D eigenvalue weighted by atomic mass is 9.91. The lowest BCUT2D eigenvalue weighted by molar-refractivity contribution is 0.201. The Bertz CT molecular complexity index is 418. The summed E-state index contributed by atoms with van der Waals surface area (Å²) in [4.78, 5) is 7.07. The molecular weight excluding hydrogens is 234 g/mol. The van der Waals surface area contributed by atoms with Gasteiger partial charge in [0.25, 0.3) is 0 Å². The molecule has 1 aromatic rings. The van der Waals surface area contributed by atoms with Crippen molar-refractivity contribution in [1.82, 2.24) is 15.2 Å². The molecule has 2 unspecified atom stereocenters. The van der Waals surface area contributed by atoms with Gasteiger partial charge in [-0.2, -0.15) is 0 Å². The van der Waals surface area contributed by atoms with Gasteiger partial charge in [0.1, 0.15) is 0 Å². The van der Waals surface area contributed by atoms with Crippen LogP contribution in [0.1, 0.15) is 43.0 Å². The maximum atomic E-state index is 4.61. The van der Waals surface area contributed by atoms with E-state index in [1.54, 1.807) is 0 Å². The fraction of sp³-hybridized carbons (Fsp3) is 0.688. The monoisotopic (exact) mass is 259 g/mol. The second kappa shape index (κ2) is 6.02. The van der Waals surface area contributed by atoms with Gasteiger partial charge in [-0.1, -0.05) is 6.07 Å². The molecule has 104 valence electrons. The molecule has 3 heteroatoms. The van der Waals surface area contributed by atoms with Gasteiger partial charge >= 0.3 is 0 Å². The summed E-state index contributed by atoms with van der Waals surface area (Å²) in [6.07, 6.45) is 8.40. The van der Waals surface area contributed by atoms with Crippen molar-refractivity contribution in [3.8, 4) is 0 Å². The van der Waals surface area contributed by atoms with E-state index in [1.165, 1.54) is 56.5 Å². The first-order chi connectivity index (χ1) is 9.33. The lowest BCUT2D eigenvalue weighted by Crippen LogP contribution is -2.39. The predicted molar refractivity (Wildman–Crippen MR) is 78.1 cm³/mol. The first kappa shape index (κ1) is 13.1. The van der Waals surface area contributed by atoms with E-state index in [2.05, 4.69) is 34.4 Å². The minimum absolute atomic E-state index is 0.484. The van der Waals surface area contributed by atoms with Gasteiger partial charge in [0.2, 0.25) is 0 Å². The molecule has 1 aliphatic heterocycles. The highest BCUT2D eigenvalue weighted by Gasteiger charge is 2.23. The van der Waals surface area contributed by atoms with Crippen LogP contribution in [0.3, 0.4) is 0 Å². The number of aromatic nitrogens is 1. The third-order valence-corrected chi connectivity index (χ3v) is 4.57. The van der Waals surface area contributed by atoms with Gasteiger partial charge in [-0.3, -0.25) is 4.98 Å². The number of hydrogen-bond donors (Lipinski definition) is 1. The van der Waals surface area contributed by atoms with Gasteiger partial charge in [-0.25, -0.2) is 0 Å².